The van der Waals surface area contributed by atoms with E-state index in [1.165, 1.54) is 0 Å². The normalized spacial score (nSPS) is 18.7. The molecule has 5 heteroatoms. The average Bonchev–Trinajstić information content (AvgIpc) is 2.41. The van der Waals surface area contributed by atoms with Crippen LogP contribution in [-0.4, -0.2) is 38.2 Å². The lowest BCUT2D eigenvalue weighted by Crippen LogP contribution is -2.47. The predicted octanol–water partition coefficient (Wildman–Crippen LogP) is 1.52. The second-order valence-corrected chi connectivity index (χ2v) is 4.98. The van der Waals surface area contributed by atoms with Gasteiger partial charge in [0.15, 0.2) is 0 Å². The summed E-state index contributed by atoms with van der Waals surface area (Å²) in [6, 6.07) is 3.86. The van der Waals surface area contributed by atoms with Crippen LogP contribution in [0.5, 0.6) is 5.75 Å². The van der Waals surface area contributed by atoms with Crippen molar-refractivity contribution in [3.05, 3.63) is 28.3 Å². The van der Waals surface area contributed by atoms with Gasteiger partial charge in [0.2, 0.25) is 0 Å². The fourth-order valence-electron chi connectivity index (χ4n) is 2.24. The highest BCUT2D eigenvalue weighted by Crippen LogP contribution is 2.31. The highest BCUT2D eigenvalue weighted by atomic mass is 35.5. The van der Waals surface area contributed by atoms with E-state index in [1.54, 1.807) is 7.11 Å². The summed E-state index contributed by atoms with van der Waals surface area (Å²) in [5.41, 5.74) is 8.28. The van der Waals surface area contributed by atoms with Crippen LogP contribution in [0.2, 0.25) is 5.02 Å². The Morgan fingerprint density at radius 1 is 1.39 bits per heavy atom. The van der Waals surface area contributed by atoms with Gasteiger partial charge in [-0.25, -0.2) is 0 Å². The molecule has 1 aliphatic heterocycles. The van der Waals surface area contributed by atoms with Gasteiger partial charge in [-0.2, -0.15) is 0 Å². The van der Waals surface area contributed by atoms with Crippen LogP contribution >= 0.6 is 11.6 Å². The van der Waals surface area contributed by atoms with Gasteiger partial charge in [-0.1, -0.05) is 11.6 Å². The molecule has 18 heavy (non-hydrogen) atoms. The van der Waals surface area contributed by atoms with Crippen molar-refractivity contribution in [2.24, 2.45) is 5.73 Å². The Morgan fingerprint density at radius 3 is 2.67 bits per heavy atom. The number of halogens is 1. The molecule has 0 aliphatic carbocycles. The molecule has 0 aromatic heterocycles. The van der Waals surface area contributed by atoms with Crippen molar-refractivity contribution in [1.29, 1.82) is 0 Å². The molecule has 4 nitrogen and oxygen atoms in total. The standard InChI is InChI=1S/C13H20ClN3O/c1-9-7-12(18-2)10(8-11(9)14)13(15)17-5-3-16-4-6-17/h7-8,13,16H,3-6,15H2,1-2H3. The zero-order valence-electron chi connectivity index (χ0n) is 10.9. The van der Waals surface area contributed by atoms with Gasteiger partial charge < -0.3 is 15.8 Å². The van der Waals surface area contributed by atoms with Crippen molar-refractivity contribution in [3.63, 3.8) is 0 Å². The Morgan fingerprint density at radius 2 is 2.06 bits per heavy atom. The van der Waals surface area contributed by atoms with Crippen molar-refractivity contribution >= 4 is 11.6 Å². The van der Waals surface area contributed by atoms with Gasteiger partial charge in [0, 0.05) is 36.8 Å². The maximum absolute atomic E-state index is 6.32. The number of nitrogens with zero attached hydrogens (tertiary/aromatic N) is 1. The third kappa shape index (κ3) is 2.78. The van der Waals surface area contributed by atoms with Crippen molar-refractivity contribution in [3.8, 4) is 5.75 Å². The van der Waals surface area contributed by atoms with Crippen LogP contribution < -0.4 is 15.8 Å². The van der Waals surface area contributed by atoms with Gasteiger partial charge in [-0.15, -0.1) is 0 Å². The molecule has 0 radical (unpaired) electrons. The van der Waals surface area contributed by atoms with Gasteiger partial charge in [0.05, 0.1) is 13.3 Å². The Bertz CT molecular complexity index is 419. The third-order valence-corrected chi connectivity index (χ3v) is 3.78. The Balaban J connectivity index is 2.27. The van der Waals surface area contributed by atoms with E-state index >= 15 is 0 Å². The molecule has 1 atom stereocenters. The second kappa shape index (κ2) is 5.89. The molecular weight excluding hydrogens is 250 g/mol. The highest BCUT2D eigenvalue weighted by Gasteiger charge is 2.22. The summed E-state index contributed by atoms with van der Waals surface area (Å²) in [5, 5.41) is 4.05. The quantitative estimate of drug-likeness (QED) is 0.874. The number of hydrogen-bond donors (Lipinski definition) is 2. The lowest BCUT2D eigenvalue weighted by molar-refractivity contribution is 0.174. The number of benzene rings is 1. The number of ether oxygens (including phenoxy) is 1. The molecule has 1 aromatic carbocycles. The topological polar surface area (TPSA) is 50.5 Å². The first-order chi connectivity index (χ1) is 8.63. The summed E-state index contributed by atoms with van der Waals surface area (Å²) in [6.45, 7) is 5.78. The monoisotopic (exact) mass is 269 g/mol. The maximum Gasteiger partial charge on any atom is 0.125 e. The average molecular weight is 270 g/mol. The minimum atomic E-state index is -0.167. The Kier molecular flexibility index (Phi) is 4.45. The van der Waals surface area contributed by atoms with Crippen LogP contribution in [-0.2, 0) is 0 Å². The summed E-state index contributed by atoms with van der Waals surface area (Å²) >= 11 is 6.18. The largest absolute Gasteiger partial charge is 0.496 e. The molecule has 0 spiro atoms. The molecule has 100 valence electrons. The smallest absolute Gasteiger partial charge is 0.125 e. The van der Waals surface area contributed by atoms with Crippen LogP contribution in [0.15, 0.2) is 12.1 Å². The molecular formula is C13H20ClN3O. The number of nitrogens with two attached hydrogens (primary N) is 1. The zero-order valence-corrected chi connectivity index (χ0v) is 11.6. The first-order valence-corrected chi connectivity index (χ1v) is 6.55. The van der Waals surface area contributed by atoms with Gasteiger partial charge in [0.1, 0.15) is 5.75 Å². The molecule has 1 fully saturated rings. The lowest BCUT2D eigenvalue weighted by atomic mass is 10.1. The van der Waals surface area contributed by atoms with Crippen molar-refractivity contribution in [1.82, 2.24) is 10.2 Å². The van der Waals surface area contributed by atoms with E-state index in [2.05, 4.69) is 10.2 Å². The molecule has 0 saturated carbocycles. The number of methoxy groups -OCH3 is 1. The van der Waals surface area contributed by atoms with Gasteiger partial charge in [-0.05, 0) is 24.6 Å². The second-order valence-electron chi connectivity index (χ2n) is 4.57. The number of hydrogen-bond acceptors (Lipinski definition) is 4. The van der Waals surface area contributed by atoms with E-state index < -0.39 is 0 Å². The van der Waals surface area contributed by atoms with Gasteiger partial charge >= 0.3 is 0 Å². The first kappa shape index (κ1) is 13.6. The van der Waals surface area contributed by atoms with Crippen LogP contribution in [0.4, 0.5) is 0 Å². The van der Waals surface area contributed by atoms with E-state index in [-0.39, 0.29) is 6.17 Å². The summed E-state index contributed by atoms with van der Waals surface area (Å²) in [6.07, 6.45) is -0.167. The van der Waals surface area contributed by atoms with E-state index in [4.69, 9.17) is 22.1 Å². The molecule has 1 aromatic rings. The van der Waals surface area contributed by atoms with E-state index in [1.807, 2.05) is 19.1 Å². The van der Waals surface area contributed by atoms with E-state index in [0.29, 0.717) is 0 Å². The van der Waals surface area contributed by atoms with Crippen molar-refractivity contribution < 1.29 is 4.74 Å². The van der Waals surface area contributed by atoms with E-state index in [0.717, 1.165) is 48.1 Å². The fraction of sp³-hybridized carbons (Fsp3) is 0.538. The number of nitrogens with one attached hydrogen (secondary N) is 1. The summed E-state index contributed by atoms with van der Waals surface area (Å²) in [5.74, 6) is 0.808. The number of aryl methyl sites for hydroxylation is 1. The zero-order chi connectivity index (χ0) is 13.1. The molecule has 0 amide bonds. The molecule has 3 N–H and O–H groups in total. The number of piperazine rings is 1. The van der Waals surface area contributed by atoms with E-state index in [9.17, 15) is 0 Å². The highest BCUT2D eigenvalue weighted by molar-refractivity contribution is 6.31. The van der Waals surface area contributed by atoms with Crippen molar-refractivity contribution in [2.75, 3.05) is 33.3 Å². The molecule has 0 bridgehead atoms. The predicted molar refractivity (Wildman–Crippen MR) is 74.1 cm³/mol. The maximum atomic E-state index is 6.32. The Labute approximate surface area is 113 Å². The molecule has 1 unspecified atom stereocenters. The molecule has 1 aliphatic rings. The minimum absolute atomic E-state index is 0.167. The van der Waals surface area contributed by atoms with Crippen LogP contribution in [0, 0.1) is 6.92 Å². The van der Waals surface area contributed by atoms with Crippen molar-refractivity contribution in [2.45, 2.75) is 13.1 Å². The van der Waals surface area contributed by atoms with Gasteiger partial charge in [0.25, 0.3) is 0 Å². The van der Waals surface area contributed by atoms with Crippen LogP contribution in [0.1, 0.15) is 17.3 Å². The van der Waals surface area contributed by atoms with Crippen LogP contribution in [0.25, 0.3) is 0 Å². The Hall–Kier alpha value is -0.810. The molecule has 2 rings (SSSR count). The summed E-state index contributed by atoms with van der Waals surface area (Å²) in [7, 11) is 1.66. The molecule has 1 saturated heterocycles. The molecule has 1 heterocycles. The SMILES string of the molecule is COc1cc(C)c(Cl)cc1C(N)N1CCNCC1. The summed E-state index contributed by atoms with van der Waals surface area (Å²) in [4.78, 5) is 2.24. The summed E-state index contributed by atoms with van der Waals surface area (Å²) < 4.78 is 5.41. The first-order valence-electron chi connectivity index (χ1n) is 6.18. The number of rotatable bonds is 3. The minimum Gasteiger partial charge on any atom is -0.496 e. The van der Waals surface area contributed by atoms with Crippen LogP contribution in [0.3, 0.4) is 0 Å². The fourth-order valence-corrected chi connectivity index (χ4v) is 2.41. The third-order valence-electron chi connectivity index (χ3n) is 3.37. The van der Waals surface area contributed by atoms with Gasteiger partial charge in [-0.3, -0.25) is 4.90 Å². The lowest BCUT2D eigenvalue weighted by Gasteiger charge is -2.33.